The molecule has 4 aromatic heterocycles. The van der Waals surface area contributed by atoms with Crippen molar-refractivity contribution in [3.63, 3.8) is 0 Å². The zero-order valence-corrected chi connectivity index (χ0v) is 19.0. The molecule has 174 valence electrons. The van der Waals surface area contributed by atoms with Gasteiger partial charge < -0.3 is 25.7 Å². The molecule has 4 N–H and O–H groups in total. The standard InChI is InChI=1S/C21H19N7O.C4H8O/c1-28-8-6-14-13(5-7-23-20(14)28)19-15-10-25-21(29)18(15)16(11-24-19)27-17-4-2-3-12(9-22)26-17;1-2-4-5-3-1/h2-8,11H,9-10,22H2,1H3,(H,25,29)(H,26,27);1-4H2. The van der Waals surface area contributed by atoms with Gasteiger partial charge in [-0.05, 0) is 37.1 Å². The molecule has 6 heterocycles. The third kappa shape index (κ3) is 4.23. The topological polar surface area (TPSA) is 120 Å². The van der Waals surface area contributed by atoms with Crippen LogP contribution in [0.4, 0.5) is 11.5 Å². The van der Waals surface area contributed by atoms with Crippen molar-refractivity contribution in [1.82, 2.24) is 24.8 Å². The first-order valence-electron chi connectivity index (χ1n) is 11.4. The minimum atomic E-state index is -0.125. The van der Waals surface area contributed by atoms with E-state index in [0.29, 0.717) is 30.2 Å². The van der Waals surface area contributed by atoms with Gasteiger partial charge in [0.05, 0.1) is 28.8 Å². The van der Waals surface area contributed by atoms with E-state index in [4.69, 9.17) is 15.5 Å². The second-order valence-electron chi connectivity index (χ2n) is 8.24. The molecule has 0 aliphatic carbocycles. The lowest BCUT2D eigenvalue weighted by atomic mass is 10.0. The van der Waals surface area contributed by atoms with Crippen molar-refractivity contribution in [2.45, 2.75) is 25.9 Å². The number of hydrogen-bond donors (Lipinski definition) is 3. The van der Waals surface area contributed by atoms with Crippen LogP contribution in [0, 0.1) is 0 Å². The first kappa shape index (κ1) is 22.0. The van der Waals surface area contributed by atoms with Crippen LogP contribution < -0.4 is 16.4 Å². The molecule has 9 nitrogen and oxygen atoms in total. The van der Waals surface area contributed by atoms with Gasteiger partial charge in [0.15, 0.2) is 0 Å². The summed E-state index contributed by atoms with van der Waals surface area (Å²) in [6.07, 6.45) is 7.98. The highest BCUT2D eigenvalue weighted by atomic mass is 16.5. The summed E-state index contributed by atoms with van der Waals surface area (Å²) in [5, 5.41) is 7.14. The first-order valence-corrected chi connectivity index (χ1v) is 11.4. The molecule has 0 saturated carbocycles. The molecule has 0 aromatic carbocycles. The van der Waals surface area contributed by atoms with E-state index in [0.717, 1.165) is 46.8 Å². The molecule has 0 bridgehead atoms. The molecule has 4 aromatic rings. The van der Waals surface area contributed by atoms with Gasteiger partial charge in [-0.15, -0.1) is 0 Å². The van der Waals surface area contributed by atoms with Gasteiger partial charge in [0.25, 0.3) is 5.91 Å². The number of aromatic nitrogens is 4. The van der Waals surface area contributed by atoms with Crippen LogP contribution in [-0.4, -0.2) is 38.6 Å². The average Bonchev–Trinajstić information content (AvgIpc) is 3.63. The number of carbonyl (C=O) groups is 1. The fourth-order valence-electron chi connectivity index (χ4n) is 4.25. The predicted octanol–water partition coefficient (Wildman–Crippen LogP) is 3.27. The molecule has 1 saturated heterocycles. The maximum Gasteiger partial charge on any atom is 0.254 e. The highest BCUT2D eigenvalue weighted by molar-refractivity contribution is 6.06. The van der Waals surface area contributed by atoms with E-state index in [1.165, 1.54) is 12.8 Å². The number of pyridine rings is 3. The second-order valence-corrected chi connectivity index (χ2v) is 8.24. The highest BCUT2D eigenvalue weighted by Gasteiger charge is 2.28. The molecule has 0 unspecified atom stereocenters. The summed E-state index contributed by atoms with van der Waals surface area (Å²) < 4.78 is 6.91. The Bertz CT molecular complexity index is 1340. The number of nitrogens with one attached hydrogen (secondary N) is 2. The summed E-state index contributed by atoms with van der Waals surface area (Å²) in [6.45, 7) is 2.78. The summed E-state index contributed by atoms with van der Waals surface area (Å²) in [7, 11) is 1.96. The van der Waals surface area contributed by atoms with Gasteiger partial charge in [-0.1, -0.05) is 6.07 Å². The van der Waals surface area contributed by atoms with Crippen molar-refractivity contribution in [3.05, 3.63) is 65.7 Å². The Morgan fingerprint density at radius 3 is 2.79 bits per heavy atom. The van der Waals surface area contributed by atoms with Crippen LogP contribution in [0.1, 0.15) is 34.5 Å². The largest absolute Gasteiger partial charge is 0.381 e. The Labute approximate surface area is 197 Å². The number of anilines is 2. The quantitative estimate of drug-likeness (QED) is 0.430. The van der Waals surface area contributed by atoms with Crippen LogP contribution in [-0.2, 0) is 24.9 Å². The van der Waals surface area contributed by atoms with Gasteiger partial charge in [0.2, 0.25) is 0 Å². The van der Waals surface area contributed by atoms with Crippen LogP contribution in [0.2, 0.25) is 0 Å². The van der Waals surface area contributed by atoms with E-state index in [1.54, 1.807) is 12.4 Å². The van der Waals surface area contributed by atoms with E-state index in [2.05, 4.69) is 20.6 Å². The van der Waals surface area contributed by atoms with Crippen LogP contribution in [0.5, 0.6) is 0 Å². The van der Waals surface area contributed by atoms with Gasteiger partial charge >= 0.3 is 0 Å². The fourth-order valence-corrected chi connectivity index (χ4v) is 4.25. The van der Waals surface area contributed by atoms with Crippen molar-refractivity contribution in [2.24, 2.45) is 12.8 Å². The number of rotatable bonds is 4. The van der Waals surface area contributed by atoms with Gasteiger partial charge in [-0.2, -0.15) is 0 Å². The molecular weight excluding hydrogens is 430 g/mol. The number of aryl methyl sites for hydroxylation is 1. The minimum Gasteiger partial charge on any atom is -0.381 e. The summed E-state index contributed by atoms with van der Waals surface area (Å²) in [5.74, 6) is 0.498. The lowest BCUT2D eigenvalue weighted by molar-refractivity contribution is 0.0966. The molecule has 0 atom stereocenters. The Balaban J connectivity index is 0.000000429. The number of nitrogens with two attached hydrogens (primary N) is 1. The zero-order valence-electron chi connectivity index (χ0n) is 19.0. The second kappa shape index (κ2) is 9.58. The SMILES string of the molecule is C1CCOC1.Cn1ccc2c(-c3ncc(Nc4cccc(CN)n4)c4c3CNC4=O)ccnc21. The molecule has 2 aliphatic rings. The normalized spacial score (nSPS) is 14.5. The number of amides is 1. The predicted molar refractivity (Wildman–Crippen MR) is 131 cm³/mol. The maximum atomic E-state index is 12.6. The zero-order chi connectivity index (χ0) is 23.5. The van der Waals surface area contributed by atoms with E-state index in [9.17, 15) is 4.79 Å². The van der Waals surface area contributed by atoms with E-state index < -0.39 is 0 Å². The van der Waals surface area contributed by atoms with Gasteiger partial charge in [0, 0.05) is 62.3 Å². The molecule has 9 heteroatoms. The van der Waals surface area contributed by atoms with Crippen molar-refractivity contribution in [3.8, 4) is 11.3 Å². The summed E-state index contributed by atoms with van der Waals surface area (Å²) in [5.41, 5.74) is 11.1. The lowest BCUT2D eigenvalue weighted by Gasteiger charge is -2.13. The maximum absolute atomic E-state index is 12.6. The van der Waals surface area contributed by atoms with Crippen LogP contribution >= 0.6 is 0 Å². The van der Waals surface area contributed by atoms with E-state index in [-0.39, 0.29) is 5.91 Å². The summed E-state index contributed by atoms with van der Waals surface area (Å²) in [4.78, 5) is 26.2. The molecule has 0 radical (unpaired) electrons. The Hall–Kier alpha value is -3.82. The van der Waals surface area contributed by atoms with Crippen molar-refractivity contribution in [2.75, 3.05) is 18.5 Å². The molecule has 2 aliphatic heterocycles. The minimum absolute atomic E-state index is 0.125. The molecule has 6 rings (SSSR count). The first-order chi connectivity index (χ1) is 16.7. The van der Waals surface area contributed by atoms with Crippen molar-refractivity contribution in [1.29, 1.82) is 0 Å². The highest BCUT2D eigenvalue weighted by Crippen LogP contribution is 2.35. The third-order valence-electron chi connectivity index (χ3n) is 5.96. The van der Waals surface area contributed by atoms with Gasteiger partial charge in [0.1, 0.15) is 11.5 Å². The number of ether oxygens (including phenoxy) is 1. The third-order valence-corrected chi connectivity index (χ3v) is 5.96. The summed E-state index contributed by atoms with van der Waals surface area (Å²) in [6, 6.07) is 9.53. The van der Waals surface area contributed by atoms with E-state index in [1.807, 2.05) is 48.1 Å². The smallest absolute Gasteiger partial charge is 0.254 e. The van der Waals surface area contributed by atoms with E-state index >= 15 is 0 Å². The fraction of sp³-hybridized carbons (Fsp3) is 0.280. The van der Waals surface area contributed by atoms with Crippen molar-refractivity contribution >= 4 is 28.4 Å². The van der Waals surface area contributed by atoms with Gasteiger partial charge in [-0.25, -0.2) is 9.97 Å². The Morgan fingerprint density at radius 1 is 1.18 bits per heavy atom. The number of nitrogens with zero attached hydrogens (tertiary/aromatic N) is 4. The van der Waals surface area contributed by atoms with Gasteiger partial charge in [-0.3, -0.25) is 9.78 Å². The summed E-state index contributed by atoms with van der Waals surface area (Å²) >= 11 is 0. The van der Waals surface area contributed by atoms with Crippen molar-refractivity contribution < 1.29 is 9.53 Å². The number of hydrogen-bond acceptors (Lipinski definition) is 7. The number of carbonyl (C=O) groups excluding carboxylic acids is 1. The molecule has 1 amide bonds. The molecule has 1 fully saturated rings. The molecule has 0 spiro atoms. The monoisotopic (exact) mass is 457 g/mol. The molecular formula is C25H27N7O2. The lowest BCUT2D eigenvalue weighted by Crippen LogP contribution is -2.13. The molecule has 34 heavy (non-hydrogen) atoms. The number of fused-ring (bicyclic) bond motifs is 2. The van der Waals surface area contributed by atoms with Crippen LogP contribution in [0.15, 0.2) is 48.9 Å². The van der Waals surface area contributed by atoms with Crippen LogP contribution in [0.25, 0.3) is 22.3 Å². The average molecular weight is 458 g/mol. The van der Waals surface area contributed by atoms with Crippen LogP contribution in [0.3, 0.4) is 0 Å². The Morgan fingerprint density at radius 2 is 2.03 bits per heavy atom. The Kier molecular flexibility index (Phi) is 6.20.